The minimum atomic E-state index is -0.729. The van der Waals surface area contributed by atoms with Gasteiger partial charge in [-0.1, -0.05) is 42.2 Å². The number of hydrogen-bond acceptors (Lipinski definition) is 4. The molecule has 7 nitrogen and oxygen atoms in total. The van der Waals surface area contributed by atoms with E-state index in [2.05, 4.69) is 4.98 Å². The van der Waals surface area contributed by atoms with Crippen molar-refractivity contribution in [3.63, 3.8) is 0 Å². The van der Waals surface area contributed by atoms with Crippen molar-refractivity contribution >= 4 is 23.1 Å². The number of imidazole rings is 1. The summed E-state index contributed by atoms with van der Waals surface area (Å²) in [5, 5.41) is 13.7. The lowest BCUT2D eigenvalue weighted by Crippen LogP contribution is -3.06. The summed E-state index contributed by atoms with van der Waals surface area (Å²) in [6.07, 6.45) is 1.75. The zero-order valence-corrected chi connectivity index (χ0v) is 17.3. The van der Waals surface area contributed by atoms with Crippen LogP contribution in [0.4, 0.5) is 0 Å². The number of quaternary nitrogens is 1. The Morgan fingerprint density at radius 2 is 1.80 bits per heavy atom. The molecular formula is C23H24N4O3. The van der Waals surface area contributed by atoms with Gasteiger partial charge in [-0.2, -0.15) is 0 Å². The number of aryl methyl sites for hydroxylation is 1. The summed E-state index contributed by atoms with van der Waals surface area (Å²) >= 11 is 0. The number of nitrogens with one attached hydrogen (secondary N) is 1. The average molecular weight is 404 g/mol. The summed E-state index contributed by atoms with van der Waals surface area (Å²) < 4.78 is 1.68. The standard InChI is InChI=1S/C23H24N4O3/c1-15-19(26-12-8-7-11-17(26)24-15)21(28)18-20(16-9-5-4-6-10-16)27(14-13-25(2)3)23(30)22(18)29/h4-12,20,28H,13-14H2,1-3H3/b21-18+. The first kappa shape index (κ1) is 19.8. The van der Waals surface area contributed by atoms with Gasteiger partial charge >= 0.3 is 0 Å². The molecule has 1 N–H and O–H groups in total. The van der Waals surface area contributed by atoms with Crippen molar-refractivity contribution in [2.75, 3.05) is 27.2 Å². The van der Waals surface area contributed by atoms with E-state index in [1.54, 1.807) is 29.7 Å². The van der Waals surface area contributed by atoms with Gasteiger partial charge in [0.1, 0.15) is 5.65 Å². The molecule has 154 valence electrons. The number of nitrogens with zero attached hydrogens (tertiary/aromatic N) is 3. The zero-order valence-electron chi connectivity index (χ0n) is 17.3. The van der Waals surface area contributed by atoms with Crippen molar-refractivity contribution < 1.29 is 19.6 Å². The molecule has 0 radical (unpaired) electrons. The predicted molar refractivity (Wildman–Crippen MR) is 110 cm³/mol. The van der Waals surface area contributed by atoms with E-state index in [0.29, 0.717) is 30.1 Å². The SMILES string of the molecule is Cc1nc2ccccn2c1/C([O-])=C1\C(=O)C(=O)N(CC[NH+](C)C)C1c1ccccc1. The third-order valence-electron chi connectivity index (χ3n) is 5.42. The molecule has 30 heavy (non-hydrogen) atoms. The highest BCUT2D eigenvalue weighted by molar-refractivity contribution is 6.46. The van der Waals surface area contributed by atoms with Gasteiger partial charge in [0.05, 0.1) is 44.6 Å². The van der Waals surface area contributed by atoms with Crippen molar-refractivity contribution in [3.8, 4) is 0 Å². The van der Waals surface area contributed by atoms with Crippen LogP contribution in [-0.4, -0.2) is 53.2 Å². The number of aromatic nitrogens is 2. The Balaban J connectivity index is 1.92. The molecule has 0 bridgehead atoms. The van der Waals surface area contributed by atoms with E-state index in [0.717, 1.165) is 10.5 Å². The third-order valence-corrected chi connectivity index (χ3v) is 5.42. The first-order chi connectivity index (χ1) is 14.4. The van der Waals surface area contributed by atoms with Gasteiger partial charge < -0.3 is 19.3 Å². The lowest BCUT2D eigenvalue weighted by molar-refractivity contribution is -0.857. The number of rotatable bonds is 5. The maximum absolute atomic E-state index is 13.7. The van der Waals surface area contributed by atoms with Crippen LogP contribution in [-0.2, 0) is 9.59 Å². The highest BCUT2D eigenvalue weighted by Gasteiger charge is 2.44. The fourth-order valence-electron chi connectivity index (χ4n) is 3.94. The summed E-state index contributed by atoms with van der Waals surface area (Å²) in [6.45, 7) is 2.79. The summed E-state index contributed by atoms with van der Waals surface area (Å²) in [5.41, 5.74) is 2.22. The molecule has 1 atom stereocenters. The van der Waals surface area contributed by atoms with Gasteiger partial charge in [0.25, 0.3) is 5.91 Å². The van der Waals surface area contributed by atoms with Crippen molar-refractivity contribution in [2.45, 2.75) is 13.0 Å². The molecule has 7 heteroatoms. The Labute approximate surface area is 174 Å². The maximum Gasteiger partial charge on any atom is 0.295 e. The topological polar surface area (TPSA) is 82.2 Å². The Bertz CT molecular complexity index is 1150. The summed E-state index contributed by atoms with van der Waals surface area (Å²) in [7, 11) is 3.97. The lowest BCUT2D eigenvalue weighted by Gasteiger charge is -2.27. The summed E-state index contributed by atoms with van der Waals surface area (Å²) in [5.74, 6) is -1.80. The second kappa shape index (κ2) is 7.76. The fraction of sp³-hybridized carbons (Fsp3) is 0.261. The molecule has 4 rings (SSSR count). The van der Waals surface area contributed by atoms with E-state index >= 15 is 0 Å². The monoisotopic (exact) mass is 404 g/mol. The Kier molecular flexibility index (Phi) is 5.13. The van der Waals surface area contributed by atoms with Crippen LogP contribution in [0.15, 0.2) is 60.3 Å². The molecule has 3 heterocycles. The molecule has 1 aromatic carbocycles. The largest absolute Gasteiger partial charge is 0.871 e. The van der Waals surface area contributed by atoms with Gasteiger partial charge in [0.15, 0.2) is 0 Å². The average Bonchev–Trinajstić information content (AvgIpc) is 3.20. The van der Waals surface area contributed by atoms with Crippen LogP contribution in [0.2, 0.25) is 0 Å². The van der Waals surface area contributed by atoms with Gasteiger partial charge in [0.2, 0.25) is 5.78 Å². The fourth-order valence-corrected chi connectivity index (χ4v) is 3.94. The molecule has 1 amide bonds. The zero-order chi connectivity index (χ0) is 21.4. The molecule has 1 unspecified atom stereocenters. The molecule has 2 aromatic heterocycles. The number of pyridine rings is 1. The number of amides is 1. The number of ketones is 1. The van der Waals surface area contributed by atoms with E-state index in [1.165, 1.54) is 4.90 Å². The quantitative estimate of drug-likeness (QED) is 0.369. The van der Waals surface area contributed by atoms with Gasteiger partial charge in [-0.05, 0) is 24.6 Å². The lowest BCUT2D eigenvalue weighted by atomic mass is 9.96. The van der Waals surface area contributed by atoms with Crippen LogP contribution < -0.4 is 10.0 Å². The Hall–Kier alpha value is -3.45. The number of carbonyl (C=O) groups is 2. The molecule has 1 saturated heterocycles. The molecule has 1 fully saturated rings. The minimum absolute atomic E-state index is 0.00582. The van der Waals surface area contributed by atoms with Crippen LogP contribution in [0.1, 0.15) is 23.0 Å². The first-order valence-electron chi connectivity index (χ1n) is 9.94. The number of likely N-dealkylation sites (N-methyl/N-ethyl adjacent to an activating group) is 1. The van der Waals surface area contributed by atoms with Crippen molar-refractivity contribution in [1.82, 2.24) is 14.3 Å². The molecule has 0 spiro atoms. The molecule has 1 aliphatic heterocycles. The third kappa shape index (κ3) is 3.27. The molecule has 0 aliphatic carbocycles. The smallest absolute Gasteiger partial charge is 0.295 e. The predicted octanol–water partition coefficient (Wildman–Crippen LogP) is 0.0112. The second-order valence-corrected chi connectivity index (χ2v) is 7.82. The number of fused-ring (bicyclic) bond motifs is 1. The highest BCUT2D eigenvalue weighted by Crippen LogP contribution is 2.38. The van der Waals surface area contributed by atoms with Gasteiger partial charge in [-0.15, -0.1) is 0 Å². The number of hydrogen-bond donors (Lipinski definition) is 1. The normalized spacial score (nSPS) is 18.7. The van der Waals surface area contributed by atoms with E-state index in [-0.39, 0.29) is 5.57 Å². The van der Waals surface area contributed by atoms with E-state index in [4.69, 9.17) is 0 Å². The number of Topliss-reactive ketones (excluding diaryl/α,β-unsaturated/α-hetero) is 1. The Morgan fingerprint density at radius 1 is 1.10 bits per heavy atom. The van der Waals surface area contributed by atoms with Crippen LogP contribution >= 0.6 is 0 Å². The van der Waals surface area contributed by atoms with E-state index in [9.17, 15) is 14.7 Å². The van der Waals surface area contributed by atoms with Gasteiger partial charge in [-0.25, -0.2) is 4.98 Å². The summed E-state index contributed by atoms with van der Waals surface area (Å²) in [4.78, 5) is 33.1. The molecule has 3 aromatic rings. The van der Waals surface area contributed by atoms with Crippen LogP contribution in [0.25, 0.3) is 11.4 Å². The van der Waals surface area contributed by atoms with Crippen molar-refractivity contribution in [2.24, 2.45) is 0 Å². The minimum Gasteiger partial charge on any atom is -0.871 e. The highest BCUT2D eigenvalue weighted by atomic mass is 16.3. The molecule has 1 aliphatic rings. The van der Waals surface area contributed by atoms with E-state index in [1.807, 2.05) is 50.5 Å². The number of carbonyl (C=O) groups excluding carboxylic acids is 2. The number of likely N-dealkylation sites (tertiary alicyclic amines) is 1. The van der Waals surface area contributed by atoms with Gasteiger partial charge in [0, 0.05) is 11.8 Å². The molecular weight excluding hydrogens is 380 g/mol. The van der Waals surface area contributed by atoms with Crippen LogP contribution in [0.5, 0.6) is 0 Å². The van der Waals surface area contributed by atoms with E-state index < -0.39 is 23.5 Å². The summed E-state index contributed by atoms with van der Waals surface area (Å²) in [6, 6.07) is 14.0. The second-order valence-electron chi connectivity index (χ2n) is 7.82. The van der Waals surface area contributed by atoms with Crippen LogP contribution in [0, 0.1) is 6.92 Å². The van der Waals surface area contributed by atoms with Gasteiger partial charge in [-0.3, -0.25) is 9.59 Å². The Morgan fingerprint density at radius 3 is 2.50 bits per heavy atom. The van der Waals surface area contributed by atoms with Crippen LogP contribution in [0.3, 0.4) is 0 Å². The van der Waals surface area contributed by atoms with Crippen molar-refractivity contribution in [1.29, 1.82) is 0 Å². The first-order valence-corrected chi connectivity index (χ1v) is 9.94. The maximum atomic E-state index is 13.7. The number of benzene rings is 1. The van der Waals surface area contributed by atoms with Crippen molar-refractivity contribution in [3.05, 3.63) is 77.3 Å². The molecule has 0 saturated carbocycles.